The molecular weight excluding hydrogens is 370 g/mol. The first-order chi connectivity index (χ1) is 14.2. The molecular formula is C23H27NO5. The third kappa shape index (κ3) is 6.06. The van der Waals surface area contributed by atoms with Gasteiger partial charge in [-0.05, 0) is 59.7 Å². The lowest BCUT2D eigenvalue weighted by atomic mass is 9.97. The van der Waals surface area contributed by atoms with Crippen molar-refractivity contribution in [3.05, 3.63) is 59.3 Å². The predicted molar refractivity (Wildman–Crippen MR) is 110 cm³/mol. The van der Waals surface area contributed by atoms with Crippen molar-refractivity contribution >= 4 is 11.5 Å². The minimum atomic E-state index is -0.171. The number of carbonyl (C=O) groups excluding carboxylic acids is 1. The first-order valence-electron chi connectivity index (χ1n) is 9.77. The average molecular weight is 397 g/mol. The molecule has 0 bridgehead atoms. The number of hydrogen-bond acceptors (Lipinski definition) is 6. The molecule has 1 aromatic heterocycles. The highest BCUT2D eigenvalue weighted by Crippen LogP contribution is 2.27. The maximum absolute atomic E-state index is 11.2. The topological polar surface area (TPSA) is 66.9 Å². The van der Waals surface area contributed by atoms with Crippen molar-refractivity contribution in [3.63, 3.8) is 0 Å². The van der Waals surface area contributed by atoms with Crippen LogP contribution in [0, 0.1) is 0 Å². The molecule has 154 valence electrons. The van der Waals surface area contributed by atoms with Crippen molar-refractivity contribution in [2.75, 3.05) is 34.0 Å². The quantitative estimate of drug-likeness (QED) is 0.599. The Morgan fingerprint density at radius 3 is 2.66 bits per heavy atom. The zero-order valence-electron chi connectivity index (χ0n) is 17.0. The van der Waals surface area contributed by atoms with E-state index in [1.54, 1.807) is 7.11 Å². The summed E-state index contributed by atoms with van der Waals surface area (Å²) in [5.41, 5.74) is 4.61. The van der Waals surface area contributed by atoms with Gasteiger partial charge in [-0.15, -0.1) is 0 Å². The van der Waals surface area contributed by atoms with E-state index in [4.69, 9.17) is 14.2 Å². The highest BCUT2D eigenvalue weighted by atomic mass is 16.5. The van der Waals surface area contributed by atoms with Crippen molar-refractivity contribution in [3.8, 4) is 11.6 Å². The van der Waals surface area contributed by atoms with Gasteiger partial charge in [0.1, 0.15) is 12.4 Å². The van der Waals surface area contributed by atoms with Crippen LogP contribution in [0.1, 0.15) is 30.4 Å². The highest BCUT2D eigenvalue weighted by Gasteiger charge is 2.16. The molecule has 0 amide bonds. The summed E-state index contributed by atoms with van der Waals surface area (Å²) in [7, 11) is 3.03. The van der Waals surface area contributed by atoms with Gasteiger partial charge in [0, 0.05) is 18.7 Å². The van der Waals surface area contributed by atoms with E-state index in [0.717, 1.165) is 36.1 Å². The van der Waals surface area contributed by atoms with Gasteiger partial charge in [-0.2, -0.15) is 0 Å². The van der Waals surface area contributed by atoms with E-state index in [1.807, 2.05) is 42.6 Å². The van der Waals surface area contributed by atoms with Crippen LogP contribution >= 0.6 is 0 Å². The zero-order valence-corrected chi connectivity index (χ0v) is 17.0. The van der Waals surface area contributed by atoms with Gasteiger partial charge in [-0.3, -0.25) is 4.79 Å². The van der Waals surface area contributed by atoms with Gasteiger partial charge >= 0.3 is 5.97 Å². The molecule has 0 radical (unpaired) electrons. The number of ether oxygens (including phenoxy) is 4. The Kier molecular flexibility index (Phi) is 7.64. The van der Waals surface area contributed by atoms with Crippen molar-refractivity contribution in [1.82, 2.24) is 4.98 Å². The molecule has 0 spiro atoms. The SMILES string of the molecule is COC(=O)CCCc1ccc(OCC2=C(c3ccc(OC)nc3)CCOC2)cc1. The smallest absolute Gasteiger partial charge is 0.305 e. The molecule has 1 aliphatic heterocycles. The number of pyridine rings is 1. The van der Waals surface area contributed by atoms with Crippen molar-refractivity contribution in [1.29, 1.82) is 0 Å². The van der Waals surface area contributed by atoms with Gasteiger partial charge in [0.05, 0.1) is 27.4 Å². The Morgan fingerprint density at radius 2 is 1.97 bits per heavy atom. The average Bonchev–Trinajstić information content (AvgIpc) is 2.78. The first-order valence-corrected chi connectivity index (χ1v) is 9.77. The third-order valence-corrected chi connectivity index (χ3v) is 4.90. The maximum atomic E-state index is 11.2. The Morgan fingerprint density at radius 1 is 1.14 bits per heavy atom. The predicted octanol–water partition coefficient (Wildman–Crippen LogP) is 3.84. The van der Waals surface area contributed by atoms with Gasteiger partial charge in [-0.1, -0.05) is 12.1 Å². The Balaban J connectivity index is 1.59. The second-order valence-electron chi connectivity index (χ2n) is 6.84. The number of methoxy groups -OCH3 is 2. The molecule has 2 aromatic rings. The third-order valence-electron chi connectivity index (χ3n) is 4.90. The highest BCUT2D eigenvalue weighted by molar-refractivity contribution is 5.69. The molecule has 0 unspecified atom stereocenters. The van der Waals surface area contributed by atoms with Crippen molar-refractivity contribution < 1.29 is 23.7 Å². The monoisotopic (exact) mass is 397 g/mol. The molecule has 1 aromatic carbocycles. The minimum absolute atomic E-state index is 0.171. The zero-order chi connectivity index (χ0) is 20.5. The van der Waals surface area contributed by atoms with Crippen LogP contribution in [0.2, 0.25) is 0 Å². The number of hydrogen-bond donors (Lipinski definition) is 0. The van der Waals surface area contributed by atoms with E-state index in [0.29, 0.717) is 32.1 Å². The number of aromatic nitrogens is 1. The summed E-state index contributed by atoms with van der Waals surface area (Å²) in [5, 5.41) is 0. The molecule has 6 heteroatoms. The van der Waals surface area contributed by atoms with Crippen LogP contribution in [0.3, 0.4) is 0 Å². The lowest BCUT2D eigenvalue weighted by molar-refractivity contribution is -0.140. The standard InChI is InChI=1S/C23H27NO5/c1-26-22-11-8-18(14-24-22)21-12-13-28-15-19(21)16-29-20-9-6-17(7-10-20)4-3-5-23(25)27-2/h6-11,14H,3-5,12-13,15-16H2,1-2H3. The first kappa shape index (κ1) is 20.9. The van der Waals surface area contributed by atoms with E-state index in [9.17, 15) is 4.79 Å². The van der Waals surface area contributed by atoms with Crippen molar-refractivity contribution in [2.45, 2.75) is 25.7 Å². The van der Waals surface area contributed by atoms with E-state index >= 15 is 0 Å². The summed E-state index contributed by atoms with van der Waals surface area (Å²) in [4.78, 5) is 15.5. The lowest BCUT2D eigenvalue weighted by Gasteiger charge is -2.21. The van der Waals surface area contributed by atoms with E-state index in [2.05, 4.69) is 9.72 Å². The molecule has 0 saturated carbocycles. The van der Waals surface area contributed by atoms with Crippen LogP contribution in [0.15, 0.2) is 48.2 Å². The molecule has 0 saturated heterocycles. The van der Waals surface area contributed by atoms with E-state index in [1.165, 1.54) is 18.2 Å². The van der Waals surface area contributed by atoms with Crippen LogP contribution in [-0.2, 0) is 20.7 Å². The molecule has 0 N–H and O–H groups in total. The molecule has 0 aliphatic carbocycles. The Labute approximate surface area is 171 Å². The summed E-state index contributed by atoms with van der Waals surface area (Å²) in [6.45, 7) is 1.74. The maximum Gasteiger partial charge on any atom is 0.305 e. The number of esters is 1. The normalized spacial score (nSPS) is 13.9. The van der Waals surface area contributed by atoms with Crippen molar-refractivity contribution in [2.24, 2.45) is 0 Å². The van der Waals surface area contributed by atoms with Gasteiger partial charge in [0.25, 0.3) is 0 Å². The Hall–Kier alpha value is -2.86. The molecule has 29 heavy (non-hydrogen) atoms. The van der Waals surface area contributed by atoms with Crippen LogP contribution < -0.4 is 9.47 Å². The fourth-order valence-electron chi connectivity index (χ4n) is 3.25. The summed E-state index contributed by atoms with van der Waals surface area (Å²) < 4.78 is 21.4. The summed E-state index contributed by atoms with van der Waals surface area (Å²) >= 11 is 0. The van der Waals surface area contributed by atoms with Gasteiger partial charge in [0.15, 0.2) is 0 Å². The number of nitrogens with zero attached hydrogens (tertiary/aromatic N) is 1. The summed E-state index contributed by atoms with van der Waals surface area (Å²) in [6, 6.07) is 11.9. The van der Waals surface area contributed by atoms with Crippen LogP contribution in [0.25, 0.3) is 5.57 Å². The fraction of sp³-hybridized carbons (Fsp3) is 0.391. The largest absolute Gasteiger partial charge is 0.489 e. The van der Waals surface area contributed by atoms with Gasteiger partial charge < -0.3 is 18.9 Å². The molecule has 3 rings (SSSR count). The van der Waals surface area contributed by atoms with Gasteiger partial charge in [0.2, 0.25) is 5.88 Å². The number of rotatable bonds is 9. The van der Waals surface area contributed by atoms with E-state index < -0.39 is 0 Å². The van der Waals surface area contributed by atoms with Crippen LogP contribution in [0.5, 0.6) is 11.6 Å². The second-order valence-corrected chi connectivity index (χ2v) is 6.84. The fourth-order valence-corrected chi connectivity index (χ4v) is 3.25. The summed E-state index contributed by atoms with van der Waals surface area (Å²) in [5.74, 6) is 1.24. The van der Waals surface area contributed by atoms with E-state index in [-0.39, 0.29) is 5.97 Å². The lowest BCUT2D eigenvalue weighted by Crippen LogP contribution is -2.16. The molecule has 0 atom stereocenters. The minimum Gasteiger partial charge on any atom is -0.489 e. The number of benzene rings is 1. The number of aryl methyl sites for hydroxylation is 1. The second kappa shape index (κ2) is 10.6. The van der Waals surface area contributed by atoms with Gasteiger partial charge in [-0.25, -0.2) is 4.98 Å². The molecule has 0 fully saturated rings. The van der Waals surface area contributed by atoms with Crippen LogP contribution in [0.4, 0.5) is 0 Å². The number of carbonyl (C=O) groups is 1. The molecule has 1 aliphatic rings. The Bertz CT molecular complexity index is 827. The van der Waals surface area contributed by atoms with Crippen LogP contribution in [-0.4, -0.2) is 45.0 Å². The molecule has 6 nitrogen and oxygen atoms in total. The summed E-state index contributed by atoms with van der Waals surface area (Å²) in [6.07, 6.45) is 4.72. The molecule has 2 heterocycles.